The zero-order valence-electron chi connectivity index (χ0n) is 35.3. The van der Waals surface area contributed by atoms with Crippen molar-refractivity contribution in [1.29, 1.82) is 0 Å². The zero-order valence-corrected chi connectivity index (χ0v) is 35.3. The number of carboxylic acid groups (broad SMARTS) is 1. The van der Waals surface area contributed by atoms with E-state index in [1.807, 2.05) is 0 Å². The predicted octanol–water partition coefficient (Wildman–Crippen LogP) is 9.37. The van der Waals surface area contributed by atoms with Crippen molar-refractivity contribution in [3.8, 4) is 0 Å². The average molecular weight is 807 g/mol. The van der Waals surface area contributed by atoms with Gasteiger partial charge in [0.2, 0.25) is 0 Å². The van der Waals surface area contributed by atoms with E-state index < -0.39 is 61.3 Å². The monoisotopic (exact) mass is 807 g/mol. The quantitative estimate of drug-likeness (QED) is 0.0270. The van der Waals surface area contributed by atoms with Crippen molar-refractivity contribution in [2.24, 2.45) is 0 Å². The van der Waals surface area contributed by atoms with E-state index in [1.54, 1.807) is 0 Å². The Hall–Kier alpha value is -2.83. The van der Waals surface area contributed by atoms with Gasteiger partial charge in [0.15, 0.2) is 18.5 Å². The van der Waals surface area contributed by atoms with Crippen LogP contribution < -0.4 is 0 Å². The van der Waals surface area contributed by atoms with Crippen LogP contribution in [0.15, 0.2) is 48.6 Å². The van der Waals surface area contributed by atoms with Crippen LogP contribution in [0.5, 0.6) is 0 Å². The Bertz CT molecular complexity index is 1130. The third-order valence-corrected chi connectivity index (χ3v) is 9.90. The van der Waals surface area contributed by atoms with Crippen LogP contribution in [0.3, 0.4) is 0 Å². The first-order chi connectivity index (χ1) is 27.7. The van der Waals surface area contributed by atoms with Crippen molar-refractivity contribution in [1.82, 2.24) is 0 Å². The van der Waals surface area contributed by atoms with Gasteiger partial charge in [-0.3, -0.25) is 9.59 Å². The third-order valence-electron chi connectivity index (χ3n) is 9.90. The topological polar surface area (TPSA) is 169 Å². The van der Waals surface area contributed by atoms with Crippen LogP contribution >= 0.6 is 0 Å². The Morgan fingerprint density at radius 3 is 1.49 bits per heavy atom. The fourth-order valence-electron chi connectivity index (χ4n) is 6.35. The van der Waals surface area contributed by atoms with Gasteiger partial charge < -0.3 is 39.4 Å². The van der Waals surface area contributed by atoms with Crippen LogP contribution in [0.4, 0.5) is 0 Å². The molecule has 11 nitrogen and oxygen atoms in total. The number of ether oxygens (including phenoxy) is 4. The number of carbonyl (C=O) groups is 3. The second-order valence-electron chi connectivity index (χ2n) is 15.2. The Kier molecular flexibility index (Phi) is 33.2. The molecule has 1 aliphatic heterocycles. The Morgan fingerprint density at radius 2 is 0.982 bits per heavy atom. The molecule has 0 saturated carbocycles. The first-order valence-corrected chi connectivity index (χ1v) is 22.2. The summed E-state index contributed by atoms with van der Waals surface area (Å²) in [5.41, 5.74) is 0. The highest BCUT2D eigenvalue weighted by Crippen LogP contribution is 2.23. The van der Waals surface area contributed by atoms with E-state index in [1.165, 1.54) is 44.9 Å². The average Bonchev–Trinajstić information content (AvgIpc) is 3.19. The van der Waals surface area contributed by atoms with Gasteiger partial charge in [-0.2, -0.15) is 0 Å². The summed E-state index contributed by atoms with van der Waals surface area (Å²) in [4.78, 5) is 36.8. The van der Waals surface area contributed by atoms with E-state index in [4.69, 9.17) is 18.9 Å². The second kappa shape index (κ2) is 36.3. The summed E-state index contributed by atoms with van der Waals surface area (Å²) in [6.07, 6.45) is 33.0. The van der Waals surface area contributed by atoms with Gasteiger partial charge in [-0.15, -0.1) is 0 Å². The number of unbranched alkanes of at least 4 members (excludes halogenated alkanes) is 17. The van der Waals surface area contributed by atoms with Gasteiger partial charge in [-0.25, -0.2) is 4.79 Å². The van der Waals surface area contributed by atoms with Gasteiger partial charge in [0, 0.05) is 12.8 Å². The van der Waals surface area contributed by atoms with Crippen LogP contribution in [0, 0.1) is 0 Å². The number of hydrogen-bond acceptors (Lipinski definition) is 10. The highest BCUT2D eigenvalue weighted by molar-refractivity contribution is 5.73. The fourth-order valence-corrected chi connectivity index (χ4v) is 6.35. The molecule has 0 radical (unpaired) electrons. The summed E-state index contributed by atoms with van der Waals surface area (Å²) in [6.45, 7) is 3.73. The van der Waals surface area contributed by atoms with E-state index in [0.717, 1.165) is 89.9 Å². The molecular formula is C46H78O11. The number of aliphatic hydroxyl groups is 3. The maximum Gasteiger partial charge on any atom is 0.335 e. The van der Waals surface area contributed by atoms with E-state index in [9.17, 15) is 34.8 Å². The van der Waals surface area contributed by atoms with Gasteiger partial charge in [0.1, 0.15) is 24.9 Å². The van der Waals surface area contributed by atoms with E-state index in [2.05, 4.69) is 62.5 Å². The number of aliphatic carboxylic acids is 1. The molecule has 328 valence electrons. The normalized spacial score (nSPS) is 20.6. The summed E-state index contributed by atoms with van der Waals surface area (Å²) < 4.78 is 21.7. The van der Waals surface area contributed by atoms with Crippen molar-refractivity contribution < 1.29 is 53.8 Å². The van der Waals surface area contributed by atoms with Crippen molar-refractivity contribution in [2.45, 2.75) is 211 Å². The molecule has 1 rings (SSSR count). The number of aliphatic hydroxyl groups excluding tert-OH is 3. The summed E-state index contributed by atoms with van der Waals surface area (Å²) in [6, 6.07) is 0. The first-order valence-electron chi connectivity index (χ1n) is 22.2. The molecule has 1 aliphatic rings. The Morgan fingerprint density at radius 1 is 0.544 bits per heavy atom. The SMILES string of the molecule is CCCCC/C=C\C/C=C\C/C=C\CCCCCCCCC(=O)OCC(COC1OC(C(=O)O)C(O)C(O)C1O)OC(=O)CCCCCCC/C=C\CCCCC. The molecule has 1 fully saturated rings. The number of carboxylic acids is 1. The minimum absolute atomic E-state index is 0.168. The highest BCUT2D eigenvalue weighted by Gasteiger charge is 2.47. The summed E-state index contributed by atoms with van der Waals surface area (Å²) in [5, 5.41) is 39.8. The molecule has 0 aromatic rings. The summed E-state index contributed by atoms with van der Waals surface area (Å²) >= 11 is 0. The lowest BCUT2D eigenvalue weighted by Crippen LogP contribution is -2.60. The van der Waals surface area contributed by atoms with Gasteiger partial charge in [0.05, 0.1) is 6.61 Å². The molecule has 1 saturated heterocycles. The van der Waals surface area contributed by atoms with Crippen molar-refractivity contribution in [2.75, 3.05) is 13.2 Å². The molecule has 6 unspecified atom stereocenters. The van der Waals surface area contributed by atoms with Crippen molar-refractivity contribution in [3.05, 3.63) is 48.6 Å². The molecule has 0 aromatic carbocycles. The number of allylic oxidation sites excluding steroid dienone is 8. The summed E-state index contributed by atoms with van der Waals surface area (Å²) in [7, 11) is 0. The van der Waals surface area contributed by atoms with Gasteiger partial charge in [-0.1, -0.05) is 133 Å². The minimum atomic E-state index is -1.86. The molecule has 0 bridgehead atoms. The van der Waals surface area contributed by atoms with E-state index >= 15 is 0 Å². The third kappa shape index (κ3) is 28.3. The zero-order chi connectivity index (χ0) is 41.8. The Balaban J connectivity index is 2.37. The standard InChI is InChI=1S/C46H78O11/c1-3-5-7-9-11-13-15-17-18-19-20-21-22-23-25-26-28-30-32-34-39(47)54-36-38(37-55-46-43(51)41(49)42(50)44(57-46)45(52)53)56-40(48)35-33-31-29-27-24-16-14-12-10-8-6-4-2/h11-14,17-18,20-21,38,41-44,46,49-51H,3-10,15-16,19,22-37H2,1-2H3,(H,52,53)/b13-11-,14-12-,18-17-,21-20-. The van der Waals surface area contributed by atoms with Gasteiger partial charge in [-0.05, 0) is 77.0 Å². The lowest BCUT2D eigenvalue weighted by Gasteiger charge is -2.38. The largest absolute Gasteiger partial charge is 0.479 e. The summed E-state index contributed by atoms with van der Waals surface area (Å²) in [5.74, 6) is -2.48. The van der Waals surface area contributed by atoms with E-state index in [0.29, 0.717) is 12.8 Å². The van der Waals surface area contributed by atoms with E-state index in [-0.39, 0.29) is 19.4 Å². The number of hydrogen-bond donors (Lipinski definition) is 4. The van der Waals surface area contributed by atoms with Gasteiger partial charge in [0.25, 0.3) is 0 Å². The Labute approximate surface area is 344 Å². The lowest BCUT2D eigenvalue weighted by molar-refractivity contribution is -0.298. The number of esters is 2. The molecule has 0 aliphatic carbocycles. The first kappa shape index (κ1) is 52.2. The van der Waals surface area contributed by atoms with Crippen LogP contribution in [-0.2, 0) is 33.3 Å². The molecular weight excluding hydrogens is 728 g/mol. The molecule has 11 heteroatoms. The maximum absolute atomic E-state index is 12.7. The number of rotatable bonds is 36. The van der Waals surface area contributed by atoms with Crippen LogP contribution in [0.25, 0.3) is 0 Å². The van der Waals surface area contributed by atoms with Crippen molar-refractivity contribution in [3.63, 3.8) is 0 Å². The molecule has 0 spiro atoms. The lowest BCUT2D eigenvalue weighted by atomic mass is 9.99. The molecule has 57 heavy (non-hydrogen) atoms. The van der Waals surface area contributed by atoms with Crippen molar-refractivity contribution >= 4 is 17.9 Å². The molecule has 4 N–H and O–H groups in total. The molecule has 1 heterocycles. The van der Waals surface area contributed by atoms with Crippen LogP contribution in [0.2, 0.25) is 0 Å². The molecule has 6 atom stereocenters. The van der Waals surface area contributed by atoms with Gasteiger partial charge >= 0.3 is 17.9 Å². The second-order valence-corrected chi connectivity index (χ2v) is 15.2. The minimum Gasteiger partial charge on any atom is -0.479 e. The maximum atomic E-state index is 12.7. The highest BCUT2D eigenvalue weighted by atomic mass is 16.7. The molecule has 0 amide bonds. The molecule has 0 aromatic heterocycles. The number of carbonyl (C=O) groups excluding carboxylic acids is 2. The fraction of sp³-hybridized carbons (Fsp3) is 0.761. The van der Waals surface area contributed by atoms with Crippen LogP contribution in [-0.4, -0.2) is 88.4 Å². The predicted molar refractivity (Wildman–Crippen MR) is 224 cm³/mol. The smallest absolute Gasteiger partial charge is 0.335 e. The van der Waals surface area contributed by atoms with Crippen LogP contribution in [0.1, 0.15) is 174 Å².